The van der Waals surface area contributed by atoms with Gasteiger partial charge in [-0.05, 0) is 73.6 Å². The smallest absolute Gasteiger partial charge is 0.335 e. The molecule has 0 aliphatic carbocycles. The molecule has 29 heavy (non-hydrogen) atoms. The van der Waals surface area contributed by atoms with E-state index in [0.717, 1.165) is 24.3 Å². The highest BCUT2D eigenvalue weighted by Gasteiger charge is 2.30. The van der Waals surface area contributed by atoms with E-state index in [1.54, 1.807) is 19.2 Å². The van der Waals surface area contributed by atoms with Crippen molar-refractivity contribution in [2.45, 2.75) is 13.8 Å². The summed E-state index contributed by atoms with van der Waals surface area (Å²) in [5, 5.41) is 9.54. The van der Waals surface area contributed by atoms with Gasteiger partial charge >= 0.3 is 5.97 Å². The van der Waals surface area contributed by atoms with Gasteiger partial charge in [-0.2, -0.15) is 0 Å². The molecular formula is C22H23N3O3S. The number of benzene rings is 2. The molecule has 150 valence electrons. The molecule has 1 saturated heterocycles. The molecule has 0 aromatic heterocycles. The van der Waals surface area contributed by atoms with Crippen molar-refractivity contribution >= 4 is 46.3 Å². The molecule has 1 N–H and O–H groups in total. The fraction of sp³-hybridized carbons (Fsp3) is 0.227. The Morgan fingerprint density at radius 1 is 1.10 bits per heavy atom. The molecule has 1 amide bonds. The van der Waals surface area contributed by atoms with E-state index in [1.165, 1.54) is 28.8 Å². The lowest BCUT2D eigenvalue weighted by Crippen LogP contribution is -2.23. The average Bonchev–Trinajstić information content (AvgIpc) is 2.98. The molecule has 0 radical (unpaired) electrons. The van der Waals surface area contributed by atoms with Crippen molar-refractivity contribution in [3.8, 4) is 0 Å². The summed E-state index contributed by atoms with van der Waals surface area (Å²) in [4.78, 5) is 32.4. The topological polar surface area (TPSA) is 73.2 Å². The molecule has 0 unspecified atom stereocenters. The van der Waals surface area contributed by atoms with E-state index in [-0.39, 0.29) is 11.5 Å². The van der Waals surface area contributed by atoms with Crippen molar-refractivity contribution in [2.75, 3.05) is 25.0 Å². The van der Waals surface area contributed by atoms with Crippen LogP contribution in [-0.2, 0) is 4.79 Å². The van der Waals surface area contributed by atoms with Crippen molar-refractivity contribution < 1.29 is 14.7 Å². The zero-order valence-corrected chi connectivity index (χ0v) is 17.4. The lowest BCUT2D eigenvalue weighted by molar-refractivity contribution is -0.121. The van der Waals surface area contributed by atoms with Crippen LogP contribution in [-0.4, -0.2) is 47.2 Å². The van der Waals surface area contributed by atoms with Crippen molar-refractivity contribution in [2.24, 2.45) is 4.99 Å². The molecule has 0 saturated carbocycles. The maximum atomic E-state index is 12.6. The normalized spacial score (nSPS) is 16.7. The molecule has 1 aliphatic heterocycles. The van der Waals surface area contributed by atoms with Gasteiger partial charge < -0.3 is 10.0 Å². The molecular weight excluding hydrogens is 386 g/mol. The maximum Gasteiger partial charge on any atom is 0.335 e. The third kappa shape index (κ3) is 4.68. The van der Waals surface area contributed by atoms with Crippen molar-refractivity contribution in [1.82, 2.24) is 4.90 Å². The third-order valence-electron chi connectivity index (χ3n) is 4.66. The number of carboxylic acids is 1. The Bertz CT molecular complexity index is 962. The minimum Gasteiger partial charge on any atom is -0.478 e. The number of amides is 1. The van der Waals surface area contributed by atoms with Crippen LogP contribution < -0.4 is 4.90 Å². The number of rotatable bonds is 6. The zero-order chi connectivity index (χ0) is 21.0. The SMILES string of the molecule is CCN(CC)c1ccc(/C=C2\SC(=Nc3ccc(C(=O)O)cc3)N(C)C2=O)cc1. The second kappa shape index (κ2) is 8.96. The first-order chi connectivity index (χ1) is 13.9. The minimum absolute atomic E-state index is 0.108. The van der Waals surface area contributed by atoms with Crippen LogP contribution in [0.15, 0.2) is 58.4 Å². The van der Waals surface area contributed by atoms with Crippen molar-refractivity contribution in [1.29, 1.82) is 0 Å². The van der Waals surface area contributed by atoms with Crippen LogP contribution in [0.1, 0.15) is 29.8 Å². The summed E-state index contributed by atoms with van der Waals surface area (Å²) in [6.07, 6.45) is 1.87. The zero-order valence-electron chi connectivity index (χ0n) is 16.6. The Balaban J connectivity index is 1.79. The van der Waals surface area contributed by atoms with E-state index in [1.807, 2.05) is 18.2 Å². The van der Waals surface area contributed by atoms with Crippen LogP contribution in [0.5, 0.6) is 0 Å². The molecule has 1 fully saturated rings. The van der Waals surface area contributed by atoms with Gasteiger partial charge in [0.05, 0.1) is 16.2 Å². The Morgan fingerprint density at radius 2 is 1.72 bits per heavy atom. The van der Waals surface area contributed by atoms with Crippen LogP contribution in [0.25, 0.3) is 6.08 Å². The number of likely N-dealkylation sites (N-methyl/N-ethyl adjacent to an activating group) is 1. The van der Waals surface area contributed by atoms with Gasteiger partial charge in [0, 0.05) is 25.8 Å². The summed E-state index contributed by atoms with van der Waals surface area (Å²) in [6.45, 7) is 6.14. The second-order valence-electron chi connectivity index (χ2n) is 6.49. The van der Waals surface area contributed by atoms with E-state index < -0.39 is 5.97 Å². The molecule has 0 bridgehead atoms. The van der Waals surface area contributed by atoms with Gasteiger partial charge in [0.2, 0.25) is 0 Å². The van der Waals surface area contributed by atoms with Crippen LogP contribution in [0.3, 0.4) is 0 Å². The fourth-order valence-corrected chi connectivity index (χ4v) is 3.95. The Kier molecular flexibility index (Phi) is 6.39. The first kappa shape index (κ1) is 20.7. The second-order valence-corrected chi connectivity index (χ2v) is 7.49. The highest BCUT2D eigenvalue weighted by atomic mass is 32.2. The highest BCUT2D eigenvalue weighted by molar-refractivity contribution is 8.18. The number of amidine groups is 1. The van der Waals surface area contributed by atoms with Crippen LogP contribution in [0, 0.1) is 0 Å². The van der Waals surface area contributed by atoms with E-state index in [0.29, 0.717) is 15.8 Å². The fourth-order valence-electron chi connectivity index (χ4n) is 2.96. The van der Waals surface area contributed by atoms with Gasteiger partial charge in [0.15, 0.2) is 5.17 Å². The molecule has 0 atom stereocenters. The predicted molar refractivity (Wildman–Crippen MR) is 119 cm³/mol. The van der Waals surface area contributed by atoms with Gasteiger partial charge in [0.1, 0.15) is 0 Å². The van der Waals surface area contributed by atoms with E-state index in [9.17, 15) is 9.59 Å². The number of hydrogen-bond donors (Lipinski definition) is 1. The molecule has 2 aromatic rings. The monoisotopic (exact) mass is 409 g/mol. The van der Waals surface area contributed by atoms with Crippen LogP contribution >= 0.6 is 11.8 Å². The van der Waals surface area contributed by atoms with Gasteiger partial charge in [0.25, 0.3) is 5.91 Å². The van der Waals surface area contributed by atoms with Gasteiger partial charge in [-0.25, -0.2) is 9.79 Å². The quantitative estimate of drug-likeness (QED) is 0.713. The summed E-state index contributed by atoms with van der Waals surface area (Å²) in [6, 6.07) is 14.4. The van der Waals surface area contributed by atoms with Gasteiger partial charge in [-0.3, -0.25) is 9.69 Å². The van der Waals surface area contributed by atoms with Crippen molar-refractivity contribution in [3.05, 3.63) is 64.6 Å². The molecule has 6 nitrogen and oxygen atoms in total. The standard InChI is InChI=1S/C22H23N3O3S/c1-4-25(5-2)18-12-6-15(7-13-18)14-19-20(26)24(3)22(29-19)23-17-10-8-16(9-11-17)21(27)28/h6-14H,4-5H2,1-3H3,(H,27,28)/b19-14-,23-22?. The first-order valence-corrected chi connectivity index (χ1v) is 10.2. The predicted octanol–water partition coefficient (Wildman–Crippen LogP) is 4.46. The molecule has 1 heterocycles. The van der Waals surface area contributed by atoms with Crippen molar-refractivity contribution in [3.63, 3.8) is 0 Å². The number of nitrogens with zero attached hydrogens (tertiary/aromatic N) is 3. The highest BCUT2D eigenvalue weighted by Crippen LogP contribution is 2.33. The maximum absolute atomic E-state index is 12.6. The van der Waals surface area contributed by atoms with Crippen LogP contribution in [0.2, 0.25) is 0 Å². The Labute approximate surface area is 174 Å². The first-order valence-electron chi connectivity index (χ1n) is 9.37. The molecule has 3 rings (SSSR count). The van der Waals surface area contributed by atoms with Gasteiger partial charge in [-0.15, -0.1) is 0 Å². The third-order valence-corrected chi connectivity index (χ3v) is 5.72. The lowest BCUT2D eigenvalue weighted by Gasteiger charge is -2.20. The van der Waals surface area contributed by atoms with E-state index in [4.69, 9.17) is 5.11 Å². The number of hydrogen-bond acceptors (Lipinski definition) is 5. The summed E-state index contributed by atoms with van der Waals surface area (Å²) in [5.74, 6) is -1.09. The molecule has 1 aliphatic rings. The largest absolute Gasteiger partial charge is 0.478 e. The number of carboxylic acid groups (broad SMARTS) is 1. The summed E-state index contributed by atoms with van der Waals surface area (Å²) < 4.78 is 0. The van der Waals surface area contributed by atoms with Crippen LogP contribution in [0.4, 0.5) is 11.4 Å². The summed E-state index contributed by atoms with van der Waals surface area (Å²) in [7, 11) is 1.68. The summed E-state index contributed by atoms with van der Waals surface area (Å²) in [5.41, 5.74) is 2.91. The van der Waals surface area contributed by atoms with E-state index >= 15 is 0 Å². The molecule has 2 aromatic carbocycles. The lowest BCUT2D eigenvalue weighted by atomic mass is 10.1. The van der Waals surface area contributed by atoms with Gasteiger partial charge in [-0.1, -0.05) is 12.1 Å². The van der Waals surface area contributed by atoms with E-state index in [2.05, 4.69) is 35.9 Å². The number of thioether (sulfide) groups is 1. The minimum atomic E-state index is -0.982. The Hall–Kier alpha value is -3.06. The number of carbonyl (C=O) groups is 2. The average molecular weight is 410 g/mol. The molecule has 7 heteroatoms. The number of carbonyl (C=O) groups excluding carboxylic acids is 1. The number of aliphatic imine (C=N–C) groups is 1. The number of aromatic carboxylic acids is 1. The molecule has 0 spiro atoms. The Morgan fingerprint density at radius 3 is 2.28 bits per heavy atom. The summed E-state index contributed by atoms with van der Waals surface area (Å²) >= 11 is 1.31. The number of anilines is 1.